The first-order valence-electron chi connectivity index (χ1n) is 7.10. The van der Waals surface area contributed by atoms with Gasteiger partial charge in [0.05, 0.1) is 0 Å². The van der Waals surface area contributed by atoms with E-state index in [0.29, 0.717) is 12.6 Å². The van der Waals surface area contributed by atoms with Crippen molar-refractivity contribution in [3.8, 4) is 0 Å². The quantitative estimate of drug-likeness (QED) is 0.794. The number of hydrogen-bond donors (Lipinski definition) is 2. The lowest BCUT2D eigenvalue weighted by Gasteiger charge is -2.24. The van der Waals surface area contributed by atoms with Gasteiger partial charge in [-0.3, -0.25) is 5.10 Å². The lowest BCUT2D eigenvalue weighted by atomic mass is 9.94. The maximum absolute atomic E-state index is 4.57. The topological polar surface area (TPSA) is 87.5 Å². The van der Waals surface area contributed by atoms with Crippen LogP contribution in [0, 0.1) is 5.92 Å². The van der Waals surface area contributed by atoms with Crippen molar-refractivity contribution >= 4 is 5.95 Å². The molecule has 0 bridgehead atoms. The highest BCUT2D eigenvalue weighted by Gasteiger charge is 2.35. The van der Waals surface area contributed by atoms with Crippen molar-refractivity contribution < 1.29 is 0 Å². The molecule has 0 radical (unpaired) electrons. The molecule has 0 aliphatic carbocycles. The molecule has 20 heavy (non-hydrogen) atoms. The molecule has 0 spiro atoms. The minimum absolute atomic E-state index is 0.575. The van der Waals surface area contributed by atoms with Crippen molar-refractivity contribution in [2.75, 3.05) is 24.5 Å². The fraction of sp³-hybridized carbons (Fsp3) is 0.667. The number of nitrogens with zero attached hydrogens (tertiary/aromatic N) is 6. The summed E-state index contributed by atoms with van der Waals surface area (Å²) in [5.74, 6) is 2.35. The van der Waals surface area contributed by atoms with Gasteiger partial charge in [0.1, 0.15) is 25.0 Å². The van der Waals surface area contributed by atoms with Crippen molar-refractivity contribution in [3.63, 3.8) is 0 Å². The van der Waals surface area contributed by atoms with Crippen LogP contribution >= 0.6 is 0 Å². The lowest BCUT2D eigenvalue weighted by Crippen LogP contribution is -2.40. The molecular formula is C12H18N8. The molecule has 106 valence electrons. The van der Waals surface area contributed by atoms with Crippen molar-refractivity contribution in [2.24, 2.45) is 5.92 Å². The average molecular weight is 274 g/mol. The van der Waals surface area contributed by atoms with E-state index in [4.69, 9.17) is 0 Å². The predicted molar refractivity (Wildman–Crippen MR) is 72.2 cm³/mol. The first kappa shape index (κ1) is 11.8. The molecular weight excluding hydrogens is 256 g/mol. The molecule has 8 heteroatoms. The molecule has 2 atom stereocenters. The minimum Gasteiger partial charge on any atom is -0.338 e. The number of hydrogen-bond acceptors (Lipinski definition) is 6. The molecule has 8 nitrogen and oxygen atoms in total. The smallest absolute Gasteiger partial charge is 0.244 e. The van der Waals surface area contributed by atoms with E-state index < -0.39 is 0 Å². The molecule has 0 saturated carbocycles. The largest absolute Gasteiger partial charge is 0.338 e. The zero-order chi connectivity index (χ0) is 13.4. The van der Waals surface area contributed by atoms with Gasteiger partial charge >= 0.3 is 0 Å². The van der Waals surface area contributed by atoms with Crippen LogP contribution < -0.4 is 10.2 Å². The molecule has 2 unspecified atom stereocenters. The minimum atomic E-state index is 0.575. The third-order valence-corrected chi connectivity index (χ3v) is 4.18. The van der Waals surface area contributed by atoms with E-state index in [2.05, 4.69) is 35.5 Å². The highest BCUT2D eigenvalue weighted by atomic mass is 15.4. The Morgan fingerprint density at radius 3 is 3.20 bits per heavy atom. The van der Waals surface area contributed by atoms with Crippen LogP contribution in [0.15, 0.2) is 12.7 Å². The zero-order valence-corrected chi connectivity index (χ0v) is 11.2. The van der Waals surface area contributed by atoms with Gasteiger partial charge in [-0.2, -0.15) is 10.1 Å². The van der Waals surface area contributed by atoms with Gasteiger partial charge < -0.3 is 10.2 Å². The number of H-pyrrole nitrogens is 1. The number of rotatable bonds is 3. The lowest BCUT2D eigenvalue weighted by molar-refractivity contribution is 0.340. The second-order valence-corrected chi connectivity index (χ2v) is 5.54. The Balaban J connectivity index is 1.45. The van der Waals surface area contributed by atoms with Crippen molar-refractivity contribution in [1.29, 1.82) is 0 Å². The Morgan fingerprint density at radius 1 is 1.35 bits per heavy atom. The van der Waals surface area contributed by atoms with Crippen molar-refractivity contribution in [3.05, 3.63) is 18.5 Å². The summed E-state index contributed by atoms with van der Waals surface area (Å²) in [5.41, 5.74) is 0. The van der Waals surface area contributed by atoms with Crippen LogP contribution in [-0.2, 0) is 6.54 Å². The monoisotopic (exact) mass is 274 g/mol. The van der Waals surface area contributed by atoms with Gasteiger partial charge in [0, 0.05) is 19.1 Å². The standard InChI is InChI=1S/C12H18N8/c1-2-9-4-19(5-10(9)14-3-1)12-16-11(17-18-12)6-20-8-13-7-15-20/h7-10,14H,1-6H2,(H,16,17,18). The molecule has 4 heterocycles. The molecule has 2 aliphatic rings. The van der Waals surface area contributed by atoms with E-state index in [1.165, 1.54) is 19.2 Å². The van der Waals surface area contributed by atoms with E-state index in [-0.39, 0.29) is 0 Å². The van der Waals surface area contributed by atoms with Gasteiger partial charge in [-0.05, 0) is 25.3 Å². The maximum atomic E-state index is 4.57. The summed E-state index contributed by atoms with van der Waals surface area (Å²) in [6, 6.07) is 0.598. The van der Waals surface area contributed by atoms with E-state index in [1.54, 1.807) is 11.0 Å². The van der Waals surface area contributed by atoms with Gasteiger partial charge in [-0.1, -0.05) is 0 Å². The van der Waals surface area contributed by atoms with Crippen LogP contribution in [-0.4, -0.2) is 55.6 Å². The summed E-state index contributed by atoms with van der Waals surface area (Å²) in [6.45, 7) is 3.77. The van der Waals surface area contributed by atoms with Gasteiger partial charge in [0.2, 0.25) is 5.95 Å². The molecule has 0 aromatic carbocycles. The number of nitrogens with one attached hydrogen (secondary N) is 2. The SMILES string of the molecule is c1ncn(Cc2nc(N3CC4CCCNC4C3)n[nH]2)n1. The van der Waals surface area contributed by atoms with E-state index in [1.807, 2.05) is 0 Å². The summed E-state index contributed by atoms with van der Waals surface area (Å²) < 4.78 is 1.73. The molecule has 2 N–H and O–H groups in total. The number of aromatic amines is 1. The molecule has 2 aromatic heterocycles. The third-order valence-electron chi connectivity index (χ3n) is 4.18. The number of fused-ring (bicyclic) bond motifs is 1. The molecule has 0 amide bonds. The summed E-state index contributed by atoms with van der Waals surface area (Å²) in [5, 5.41) is 15.0. The molecule has 2 fully saturated rings. The predicted octanol–water partition coefficient (Wildman–Crippen LogP) is -0.367. The second-order valence-electron chi connectivity index (χ2n) is 5.54. The fourth-order valence-corrected chi connectivity index (χ4v) is 3.18. The third kappa shape index (κ3) is 2.15. The van der Waals surface area contributed by atoms with Crippen LogP contribution in [0.3, 0.4) is 0 Å². The maximum Gasteiger partial charge on any atom is 0.244 e. The van der Waals surface area contributed by atoms with E-state index in [0.717, 1.165) is 37.3 Å². The zero-order valence-electron chi connectivity index (χ0n) is 11.2. The first-order valence-corrected chi connectivity index (χ1v) is 7.10. The Bertz CT molecular complexity index is 548. The van der Waals surface area contributed by atoms with Gasteiger partial charge in [-0.25, -0.2) is 9.67 Å². The summed E-state index contributed by atoms with van der Waals surface area (Å²) in [7, 11) is 0. The fourth-order valence-electron chi connectivity index (χ4n) is 3.18. The van der Waals surface area contributed by atoms with Crippen LogP contribution in [0.1, 0.15) is 18.7 Å². The van der Waals surface area contributed by atoms with Crippen LogP contribution in [0.5, 0.6) is 0 Å². The summed E-state index contributed by atoms with van der Waals surface area (Å²) >= 11 is 0. The normalized spacial score (nSPS) is 25.9. The summed E-state index contributed by atoms with van der Waals surface area (Å²) in [4.78, 5) is 10.8. The first-order chi connectivity index (χ1) is 9.88. The van der Waals surface area contributed by atoms with Crippen LogP contribution in [0.25, 0.3) is 0 Å². The highest BCUT2D eigenvalue weighted by molar-refractivity contribution is 5.32. The Hall–Kier alpha value is -1.96. The van der Waals surface area contributed by atoms with Crippen molar-refractivity contribution in [1.82, 2.24) is 35.3 Å². The number of anilines is 1. The number of piperidine rings is 1. The van der Waals surface area contributed by atoms with E-state index in [9.17, 15) is 0 Å². The average Bonchev–Trinajstić information content (AvgIpc) is 3.18. The Kier molecular flexibility index (Phi) is 2.87. The van der Waals surface area contributed by atoms with Crippen LogP contribution in [0.2, 0.25) is 0 Å². The molecule has 2 saturated heterocycles. The molecule has 2 aromatic rings. The molecule has 2 aliphatic heterocycles. The Morgan fingerprint density at radius 2 is 2.35 bits per heavy atom. The molecule has 4 rings (SSSR count). The van der Waals surface area contributed by atoms with Crippen molar-refractivity contribution in [2.45, 2.75) is 25.4 Å². The van der Waals surface area contributed by atoms with Gasteiger partial charge in [-0.15, -0.1) is 5.10 Å². The number of aromatic nitrogens is 6. The van der Waals surface area contributed by atoms with Gasteiger partial charge in [0.25, 0.3) is 0 Å². The van der Waals surface area contributed by atoms with Gasteiger partial charge in [0.15, 0.2) is 0 Å². The highest BCUT2D eigenvalue weighted by Crippen LogP contribution is 2.27. The second kappa shape index (κ2) is 4.86. The Labute approximate surface area is 116 Å². The van der Waals surface area contributed by atoms with Crippen LogP contribution in [0.4, 0.5) is 5.95 Å². The van der Waals surface area contributed by atoms with E-state index >= 15 is 0 Å². The summed E-state index contributed by atoms with van der Waals surface area (Å²) in [6.07, 6.45) is 5.79.